The van der Waals surface area contributed by atoms with Crippen molar-refractivity contribution in [1.29, 1.82) is 0 Å². The first kappa shape index (κ1) is 22.1. The zero-order valence-electron chi connectivity index (χ0n) is 16.7. The molecular weight excluding hydrogens is 346 g/mol. The molecular formula is C20H31NO4Si. The van der Waals surface area contributed by atoms with Gasteiger partial charge in [0, 0.05) is 12.5 Å². The zero-order chi connectivity index (χ0) is 20.0. The third kappa shape index (κ3) is 6.42. The predicted molar refractivity (Wildman–Crippen MR) is 107 cm³/mol. The lowest BCUT2D eigenvalue weighted by molar-refractivity contribution is -0.145. The number of carbonyl (C=O) groups excluding carboxylic acids is 2. The molecule has 0 saturated heterocycles. The molecule has 1 N–H and O–H groups in total. The van der Waals surface area contributed by atoms with E-state index in [4.69, 9.17) is 9.16 Å². The number of esters is 1. The van der Waals surface area contributed by atoms with Gasteiger partial charge in [-0.1, -0.05) is 45.5 Å². The molecule has 0 radical (unpaired) electrons. The largest absolute Gasteiger partial charge is 0.456 e. The highest BCUT2D eigenvalue weighted by Gasteiger charge is 2.38. The molecule has 0 aliphatic heterocycles. The van der Waals surface area contributed by atoms with Crippen LogP contribution in [0.4, 0.5) is 0 Å². The Labute approximate surface area is 157 Å². The molecule has 0 aromatic heterocycles. The monoisotopic (exact) mass is 377 g/mol. The number of ether oxygens (including phenoxy) is 1. The Morgan fingerprint density at radius 2 is 1.81 bits per heavy atom. The zero-order valence-corrected chi connectivity index (χ0v) is 17.7. The third-order valence-corrected chi connectivity index (χ3v) is 9.21. The quantitative estimate of drug-likeness (QED) is 0.424. The Hall–Kier alpha value is -1.92. The van der Waals surface area contributed by atoms with Gasteiger partial charge in [0.25, 0.3) is 5.91 Å². The van der Waals surface area contributed by atoms with E-state index in [1.165, 1.54) is 13.0 Å². The van der Waals surface area contributed by atoms with Crippen LogP contribution in [0.5, 0.6) is 0 Å². The molecule has 1 unspecified atom stereocenters. The molecule has 0 saturated carbocycles. The summed E-state index contributed by atoms with van der Waals surface area (Å²) < 4.78 is 11.6. The van der Waals surface area contributed by atoms with Crippen LogP contribution in [0.3, 0.4) is 0 Å². The number of hydrogen-bond donors (Lipinski definition) is 1. The first-order chi connectivity index (χ1) is 12.0. The summed E-state index contributed by atoms with van der Waals surface area (Å²) in [6.07, 6.45) is 0.858. The van der Waals surface area contributed by atoms with Crippen molar-refractivity contribution in [2.45, 2.75) is 58.0 Å². The van der Waals surface area contributed by atoms with Crippen molar-refractivity contribution >= 4 is 20.2 Å². The Morgan fingerprint density at radius 1 is 1.23 bits per heavy atom. The molecule has 0 fully saturated rings. The van der Waals surface area contributed by atoms with Gasteiger partial charge in [-0.3, -0.25) is 9.59 Å². The maximum absolute atomic E-state index is 12.6. The molecule has 0 spiro atoms. The highest BCUT2D eigenvalue weighted by molar-refractivity contribution is 6.74. The van der Waals surface area contributed by atoms with Gasteiger partial charge in [-0.15, -0.1) is 0 Å². The van der Waals surface area contributed by atoms with E-state index >= 15 is 0 Å². The van der Waals surface area contributed by atoms with E-state index in [2.05, 4.69) is 45.8 Å². The number of hydrogen-bond acceptors (Lipinski definition) is 4. The topological polar surface area (TPSA) is 64.6 Å². The smallest absolute Gasteiger partial charge is 0.303 e. The molecule has 1 aromatic carbocycles. The summed E-state index contributed by atoms with van der Waals surface area (Å²) in [4.78, 5) is 24.0. The van der Waals surface area contributed by atoms with Crippen LogP contribution in [0.1, 0.15) is 38.1 Å². The van der Waals surface area contributed by atoms with Crippen LogP contribution in [-0.2, 0) is 14.0 Å². The molecule has 0 aliphatic carbocycles. The average Bonchev–Trinajstić information content (AvgIpc) is 2.56. The van der Waals surface area contributed by atoms with Crippen LogP contribution in [0.25, 0.3) is 0 Å². The normalized spacial score (nSPS) is 14.2. The van der Waals surface area contributed by atoms with Crippen molar-refractivity contribution in [3.05, 3.63) is 48.6 Å². The van der Waals surface area contributed by atoms with Crippen LogP contribution in [0.2, 0.25) is 18.1 Å². The highest BCUT2D eigenvalue weighted by Crippen LogP contribution is 2.36. The fourth-order valence-corrected chi connectivity index (χ4v) is 3.09. The number of amides is 1. The van der Waals surface area contributed by atoms with Crippen LogP contribution in [0.15, 0.2) is 43.0 Å². The second-order valence-electron chi connectivity index (χ2n) is 7.83. The fraction of sp³-hybridized carbons (Fsp3) is 0.500. The fourth-order valence-electron chi connectivity index (χ4n) is 2.06. The van der Waals surface area contributed by atoms with Gasteiger partial charge in [-0.25, -0.2) is 0 Å². The molecule has 0 bridgehead atoms. The number of benzene rings is 1. The molecule has 1 rings (SSSR count). The molecule has 5 nitrogen and oxygen atoms in total. The lowest BCUT2D eigenvalue weighted by Crippen LogP contribution is -2.51. The van der Waals surface area contributed by atoms with Gasteiger partial charge in [0.1, 0.15) is 6.10 Å². The van der Waals surface area contributed by atoms with Gasteiger partial charge in [0.15, 0.2) is 8.32 Å². The van der Waals surface area contributed by atoms with E-state index in [1.807, 2.05) is 6.07 Å². The minimum absolute atomic E-state index is 0.0338. The van der Waals surface area contributed by atoms with E-state index in [0.717, 1.165) is 0 Å². The molecule has 0 aliphatic rings. The van der Waals surface area contributed by atoms with Crippen LogP contribution < -0.4 is 5.32 Å². The predicted octanol–water partition coefficient (Wildman–Crippen LogP) is 3.92. The Morgan fingerprint density at radius 3 is 2.27 bits per heavy atom. The summed E-state index contributed by atoms with van der Waals surface area (Å²) in [5.41, 5.74) is 0.537. The van der Waals surface area contributed by atoms with Crippen LogP contribution >= 0.6 is 0 Å². The molecule has 1 aromatic rings. The van der Waals surface area contributed by atoms with E-state index in [9.17, 15) is 9.59 Å². The average molecular weight is 378 g/mol. The van der Waals surface area contributed by atoms with Gasteiger partial charge in [0.05, 0.1) is 12.6 Å². The van der Waals surface area contributed by atoms with E-state index < -0.39 is 26.4 Å². The summed E-state index contributed by atoms with van der Waals surface area (Å²) >= 11 is 0. The summed E-state index contributed by atoms with van der Waals surface area (Å²) in [7, 11) is -2.02. The SMILES string of the molecule is C=CC(OC(C)=O)[C@H](CO[Si](C)(C)C(C)(C)C)NC(=O)c1ccccc1. The maximum Gasteiger partial charge on any atom is 0.303 e. The van der Waals surface area contributed by atoms with Gasteiger partial charge in [-0.05, 0) is 36.3 Å². The van der Waals surface area contributed by atoms with Crippen molar-refractivity contribution in [3.63, 3.8) is 0 Å². The summed E-state index contributed by atoms with van der Waals surface area (Å²) in [5, 5.41) is 2.96. The van der Waals surface area contributed by atoms with Crippen molar-refractivity contribution < 1.29 is 18.8 Å². The van der Waals surface area contributed by atoms with E-state index in [-0.39, 0.29) is 17.6 Å². The first-order valence-electron chi connectivity index (χ1n) is 8.77. The van der Waals surface area contributed by atoms with Crippen molar-refractivity contribution in [2.75, 3.05) is 6.61 Å². The molecule has 1 amide bonds. The number of nitrogens with one attached hydrogen (secondary N) is 1. The number of rotatable bonds is 8. The Balaban J connectivity index is 2.96. The molecule has 6 heteroatoms. The summed E-state index contributed by atoms with van der Waals surface area (Å²) in [5.74, 6) is -0.672. The molecule has 144 valence electrons. The first-order valence-corrected chi connectivity index (χ1v) is 11.7. The third-order valence-electron chi connectivity index (χ3n) is 4.71. The number of carbonyl (C=O) groups is 2. The highest BCUT2D eigenvalue weighted by atomic mass is 28.4. The molecule has 0 heterocycles. The lowest BCUT2D eigenvalue weighted by atomic mass is 10.1. The minimum Gasteiger partial charge on any atom is -0.456 e. The Bertz CT molecular complexity index is 622. The van der Waals surface area contributed by atoms with Gasteiger partial charge >= 0.3 is 5.97 Å². The van der Waals surface area contributed by atoms with Crippen molar-refractivity contribution in [1.82, 2.24) is 5.32 Å². The Kier molecular flexibility index (Phi) is 7.78. The lowest BCUT2D eigenvalue weighted by Gasteiger charge is -2.38. The second-order valence-corrected chi connectivity index (χ2v) is 12.6. The van der Waals surface area contributed by atoms with Gasteiger partial charge < -0.3 is 14.5 Å². The van der Waals surface area contributed by atoms with E-state index in [1.54, 1.807) is 24.3 Å². The summed E-state index contributed by atoms with van der Waals surface area (Å²) in [6.45, 7) is 16.0. The van der Waals surface area contributed by atoms with E-state index in [0.29, 0.717) is 5.56 Å². The molecule has 2 atom stereocenters. The minimum atomic E-state index is -2.02. The molecule has 26 heavy (non-hydrogen) atoms. The van der Waals surface area contributed by atoms with Gasteiger partial charge in [-0.2, -0.15) is 0 Å². The van der Waals surface area contributed by atoms with Crippen molar-refractivity contribution in [3.8, 4) is 0 Å². The summed E-state index contributed by atoms with van der Waals surface area (Å²) in [6, 6.07) is 8.39. The van der Waals surface area contributed by atoms with Crippen molar-refractivity contribution in [2.24, 2.45) is 0 Å². The van der Waals surface area contributed by atoms with Crippen LogP contribution in [0, 0.1) is 0 Å². The standard InChI is InChI=1S/C20H31NO4Si/c1-8-18(25-15(2)22)17(14-24-26(6,7)20(3,4)5)21-19(23)16-12-10-9-11-13-16/h8-13,17-18H,1,14H2,2-7H3,(H,21,23)/t17-,18?/m0/s1. The van der Waals surface area contributed by atoms with Gasteiger partial charge in [0.2, 0.25) is 0 Å². The van der Waals surface area contributed by atoms with Crippen LogP contribution in [-0.4, -0.2) is 38.9 Å². The second kappa shape index (κ2) is 9.14. The maximum atomic E-state index is 12.6.